The summed E-state index contributed by atoms with van der Waals surface area (Å²) in [7, 11) is 1.87. The number of hydrogen-bond acceptors (Lipinski definition) is 4. The predicted molar refractivity (Wildman–Crippen MR) is 99.4 cm³/mol. The molecule has 0 spiro atoms. The molecule has 7 heteroatoms. The molecule has 2 amide bonds. The molecule has 1 unspecified atom stereocenters. The summed E-state index contributed by atoms with van der Waals surface area (Å²) in [6.45, 7) is 3.85. The van der Waals surface area contributed by atoms with Crippen LogP contribution in [0, 0.1) is 0 Å². The maximum atomic E-state index is 12.6. The predicted octanol–water partition coefficient (Wildman–Crippen LogP) is 1.51. The minimum Gasteiger partial charge on any atom is -0.348 e. The molecule has 26 heavy (non-hydrogen) atoms. The molecule has 1 aromatic heterocycles. The Morgan fingerprint density at radius 3 is 2.73 bits per heavy atom. The van der Waals surface area contributed by atoms with Crippen molar-refractivity contribution in [1.29, 1.82) is 0 Å². The molecule has 2 aliphatic heterocycles. The first-order valence-corrected chi connectivity index (χ1v) is 9.84. The molecule has 2 fully saturated rings. The third kappa shape index (κ3) is 4.84. The second-order valence-corrected chi connectivity index (χ2v) is 7.70. The highest BCUT2D eigenvalue weighted by molar-refractivity contribution is 5.78. The van der Waals surface area contributed by atoms with Crippen LogP contribution in [-0.2, 0) is 16.6 Å². The summed E-state index contributed by atoms with van der Waals surface area (Å²) < 4.78 is 1.75. The number of piperidine rings is 1. The molecule has 0 aromatic carbocycles. The van der Waals surface area contributed by atoms with Crippen LogP contribution in [0.15, 0.2) is 12.4 Å². The van der Waals surface area contributed by atoms with Crippen LogP contribution in [0.1, 0.15) is 63.5 Å². The molecular weight excluding hydrogens is 330 g/mol. The fourth-order valence-corrected chi connectivity index (χ4v) is 4.03. The topological polar surface area (TPSA) is 79.3 Å². The molecule has 2 N–H and O–H groups in total. The van der Waals surface area contributed by atoms with E-state index in [1.54, 1.807) is 10.9 Å². The van der Waals surface area contributed by atoms with Crippen molar-refractivity contribution in [3.05, 3.63) is 18.0 Å². The van der Waals surface area contributed by atoms with E-state index in [4.69, 9.17) is 0 Å². The summed E-state index contributed by atoms with van der Waals surface area (Å²) >= 11 is 0. The number of nitrogens with zero attached hydrogens (tertiary/aromatic N) is 3. The fraction of sp³-hybridized carbons (Fsp3) is 0.737. The highest BCUT2D eigenvalue weighted by Gasteiger charge is 2.32. The lowest BCUT2D eigenvalue weighted by atomic mass is 9.93. The molecule has 2 saturated heterocycles. The van der Waals surface area contributed by atoms with Crippen molar-refractivity contribution in [3.8, 4) is 0 Å². The minimum absolute atomic E-state index is 0.0740. The van der Waals surface area contributed by atoms with E-state index in [0.29, 0.717) is 12.8 Å². The van der Waals surface area contributed by atoms with Crippen molar-refractivity contribution in [2.75, 3.05) is 13.1 Å². The van der Waals surface area contributed by atoms with Gasteiger partial charge < -0.3 is 15.5 Å². The van der Waals surface area contributed by atoms with E-state index in [0.717, 1.165) is 37.9 Å². The van der Waals surface area contributed by atoms with Crippen LogP contribution in [0.4, 0.5) is 0 Å². The number of amides is 2. The molecule has 0 saturated carbocycles. The maximum absolute atomic E-state index is 12.6. The fourth-order valence-electron chi connectivity index (χ4n) is 4.03. The largest absolute Gasteiger partial charge is 0.348 e. The van der Waals surface area contributed by atoms with Gasteiger partial charge in [-0.2, -0.15) is 5.10 Å². The van der Waals surface area contributed by atoms with Gasteiger partial charge in [0.2, 0.25) is 11.8 Å². The molecule has 3 rings (SSSR count). The first kappa shape index (κ1) is 18.9. The molecule has 3 heterocycles. The van der Waals surface area contributed by atoms with Crippen molar-refractivity contribution in [2.24, 2.45) is 7.05 Å². The SMILES string of the molecule is CC(CC(=O)N1CCCCCC1)N[C@@H]1CCC(=O)N[C@H]1c1cnn(C)c1. The smallest absolute Gasteiger partial charge is 0.224 e. The number of aryl methyl sites for hydroxylation is 1. The molecule has 7 nitrogen and oxygen atoms in total. The molecule has 0 bridgehead atoms. The Morgan fingerprint density at radius 1 is 1.35 bits per heavy atom. The summed E-state index contributed by atoms with van der Waals surface area (Å²) in [5, 5.41) is 10.9. The zero-order valence-corrected chi connectivity index (χ0v) is 15.9. The number of nitrogens with one attached hydrogen (secondary N) is 2. The van der Waals surface area contributed by atoms with E-state index in [9.17, 15) is 9.59 Å². The third-order valence-corrected chi connectivity index (χ3v) is 5.42. The zero-order valence-electron chi connectivity index (χ0n) is 15.9. The Morgan fingerprint density at radius 2 is 2.08 bits per heavy atom. The number of likely N-dealkylation sites (tertiary alicyclic amines) is 1. The van der Waals surface area contributed by atoms with Crippen LogP contribution in [0.2, 0.25) is 0 Å². The lowest BCUT2D eigenvalue weighted by Gasteiger charge is -2.34. The van der Waals surface area contributed by atoms with Gasteiger partial charge in [-0.05, 0) is 26.2 Å². The summed E-state index contributed by atoms with van der Waals surface area (Å²) in [6, 6.07) is 0.0921. The van der Waals surface area contributed by atoms with E-state index in [1.165, 1.54) is 12.8 Å². The van der Waals surface area contributed by atoms with Crippen molar-refractivity contribution >= 4 is 11.8 Å². The van der Waals surface area contributed by atoms with Crippen LogP contribution in [0.25, 0.3) is 0 Å². The van der Waals surface area contributed by atoms with Crippen molar-refractivity contribution in [2.45, 2.75) is 70.0 Å². The quantitative estimate of drug-likeness (QED) is 0.833. The number of hydrogen-bond donors (Lipinski definition) is 2. The standard InChI is InChI=1S/C19H31N5O2/c1-14(11-18(26)24-9-5-3-4-6-10-24)21-16-7-8-17(25)22-19(16)15-12-20-23(2)13-15/h12-14,16,19,21H,3-11H2,1-2H3,(H,22,25)/t14?,16-,19+/m1/s1. The van der Waals surface area contributed by atoms with Crippen LogP contribution in [0.5, 0.6) is 0 Å². The van der Waals surface area contributed by atoms with Gasteiger partial charge in [0.1, 0.15) is 0 Å². The van der Waals surface area contributed by atoms with E-state index in [2.05, 4.69) is 22.7 Å². The third-order valence-electron chi connectivity index (χ3n) is 5.42. The molecule has 2 aliphatic rings. The Balaban J connectivity index is 1.58. The number of carbonyl (C=O) groups excluding carboxylic acids is 2. The first-order chi connectivity index (χ1) is 12.5. The maximum Gasteiger partial charge on any atom is 0.224 e. The van der Waals surface area contributed by atoms with Gasteiger partial charge in [-0.3, -0.25) is 14.3 Å². The van der Waals surface area contributed by atoms with Crippen molar-refractivity contribution < 1.29 is 9.59 Å². The molecule has 0 aliphatic carbocycles. The van der Waals surface area contributed by atoms with Crippen LogP contribution in [0.3, 0.4) is 0 Å². The van der Waals surface area contributed by atoms with Crippen LogP contribution >= 0.6 is 0 Å². The highest BCUT2D eigenvalue weighted by Crippen LogP contribution is 2.24. The molecular formula is C19H31N5O2. The number of aromatic nitrogens is 2. The summed E-state index contributed by atoms with van der Waals surface area (Å²) in [6.07, 6.45) is 10.2. The monoisotopic (exact) mass is 361 g/mol. The van der Waals surface area contributed by atoms with E-state index in [-0.39, 0.29) is 29.9 Å². The van der Waals surface area contributed by atoms with E-state index in [1.807, 2.05) is 18.1 Å². The van der Waals surface area contributed by atoms with Gasteiger partial charge >= 0.3 is 0 Å². The lowest BCUT2D eigenvalue weighted by molar-refractivity contribution is -0.132. The van der Waals surface area contributed by atoms with Gasteiger partial charge in [-0.15, -0.1) is 0 Å². The second-order valence-electron chi connectivity index (χ2n) is 7.70. The van der Waals surface area contributed by atoms with Gasteiger partial charge in [-0.25, -0.2) is 0 Å². The van der Waals surface area contributed by atoms with Crippen molar-refractivity contribution in [1.82, 2.24) is 25.3 Å². The minimum atomic E-state index is -0.0966. The Labute approximate surface area is 155 Å². The average molecular weight is 361 g/mol. The highest BCUT2D eigenvalue weighted by atomic mass is 16.2. The Kier molecular flexibility index (Phi) is 6.29. The summed E-state index contributed by atoms with van der Waals surface area (Å²) in [5.74, 6) is 0.315. The lowest BCUT2D eigenvalue weighted by Crippen LogP contribution is -2.51. The van der Waals surface area contributed by atoms with Gasteiger partial charge in [0.05, 0.1) is 12.2 Å². The van der Waals surface area contributed by atoms with Gasteiger partial charge in [0, 0.05) is 56.8 Å². The van der Waals surface area contributed by atoms with Gasteiger partial charge in [0.25, 0.3) is 0 Å². The first-order valence-electron chi connectivity index (χ1n) is 9.84. The summed E-state index contributed by atoms with van der Waals surface area (Å²) in [5.41, 5.74) is 1.00. The van der Waals surface area contributed by atoms with E-state index < -0.39 is 0 Å². The zero-order chi connectivity index (χ0) is 18.5. The average Bonchev–Trinajstić information content (AvgIpc) is 2.86. The number of carbonyl (C=O) groups is 2. The van der Waals surface area contributed by atoms with Gasteiger partial charge in [0.15, 0.2) is 0 Å². The molecule has 144 valence electrons. The Hall–Kier alpha value is -1.89. The Bertz CT molecular complexity index is 621. The molecule has 1 aromatic rings. The number of rotatable bonds is 5. The molecule has 3 atom stereocenters. The normalized spacial score (nSPS) is 25.5. The van der Waals surface area contributed by atoms with Crippen LogP contribution in [-0.4, -0.2) is 51.7 Å². The molecule has 0 radical (unpaired) electrons. The second kappa shape index (κ2) is 8.66. The summed E-state index contributed by atoms with van der Waals surface area (Å²) in [4.78, 5) is 26.5. The van der Waals surface area contributed by atoms with Crippen molar-refractivity contribution in [3.63, 3.8) is 0 Å². The van der Waals surface area contributed by atoms with E-state index >= 15 is 0 Å². The van der Waals surface area contributed by atoms with Crippen LogP contribution < -0.4 is 10.6 Å². The van der Waals surface area contributed by atoms with Gasteiger partial charge in [-0.1, -0.05) is 12.8 Å².